The van der Waals surface area contributed by atoms with Crippen LogP contribution in [0.1, 0.15) is 33.3 Å². The van der Waals surface area contributed by atoms with Gasteiger partial charge < -0.3 is 9.64 Å². The number of hydrogen-bond acceptors (Lipinski definition) is 4. The Bertz CT molecular complexity index is 777. The van der Waals surface area contributed by atoms with Crippen LogP contribution < -0.4 is 0 Å². The number of nitrogens with zero attached hydrogens (tertiary/aromatic N) is 2. The lowest BCUT2D eigenvalue weighted by Gasteiger charge is -2.39. The van der Waals surface area contributed by atoms with Gasteiger partial charge in [-0.25, -0.2) is 13.2 Å². The third-order valence-corrected chi connectivity index (χ3v) is 6.60. The van der Waals surface area contributed by atoms with Crippen LogP contribution in [0.5, 0.6) is 0 Å². The lowest BCUT2D eigenvalue weighted by molar-refractivity contribution is 0.0143. The monoisotopic (exact) mass is 422 g/mol. The molecule has 0 saturated carbocycles. The summed E-state index contributed by atoms with van der Waals surface area (Å²) >= 11 is 11.8. The van der Waals surface area contributed by atoms with Crippen molar-refractivity contribution in [1.82, 2.24) is 9.21 Å². The minimum absolute atomic E-state index is 0.166. The molecule has 1 aromatic rings. The molecular formula is C17H24Cl2N2O4S. The SMILES string of the molecule is CC1CN(C(=O)OC(C)(C)C)CCN1S(=O)(=O)Cc1ccc(Cl)c(Cl)c1. The largest absolute Gasteiger partial charge is 0.444 e. The number of amides is 1. The second-order valence-electron chi connectivity index (χ2n) is 7.39. The molecule has 1 atom stereocenters. The van der Waals surface area contributed by atoms with Gasteiger partial charge >= 0.3 is 6.09 Å². The molecule has 1 heterocycles. The van der Waals surface area contributed by atoms with Crippen molar-refractivity contribution in [3.05, 3.63) is 33.8 Å². The van der Waals surface area contributed by atoms with Gasteiger partial charge in [0.25, 0.3) is 0 Å². The van der Waals surface area contributed by atoms with E-state index in [4.69, 9.17) is 27.9 Å². The Morgan fingerprint density at radius 3 is 2.42 bits per heavy atom. The summed E-state index contributed by atoms with van der Waals surface area (Å²) in [5.41, 5.74) is -0.0154. The lowest BCUT2D eigenvalue weighted by Crippen LogP contribution is -2.56. The van der Waals surface area contributed by atoms with Gasteiger partial charge in [-0.1, -0.05) is 29.3 Å². The van der Waals surface area contributed by atoms with Crippen molar-refractivity contribution in [3.8, 4) is 0 Å². The van der Waals surface area contributed by atoms with Crippen LogP contribution in [0.3, 0.4) is 0 Å². The molecule has 0 aliphatic carbocycles. The molecule has 1 aliphatic heterocycles. The molecule has 0 radical (unpaired) electrons. The summed E-state index contributed by atoms with van der Waals surface area (Å²) in [5.74, 6) is -0.166. The first-order valence-corrected chi connectivity index (χ1v) is 10.7. The number of carbonyl (C=O) groups is 1. The van der Waals surface area contributed by atoms with Gasteiger partial charge in [0.05, 0.1) is 15.8 Å². The van der Waals surface area contributed by atoms with Crippen LogP contribution in [-0.2, 0) is 20.5 Å². The first kappa shape index (κ1) is 21.3. The average Bonchev–Trinajstić information content (AvgIpc) is 2.48. The highest BCUT2D eigenvalue weighted by Gasteiger charge is 2.35. The molecule has 0 bridgehead atoms. The summed E-state index contributed by atoms with van der Waals surface area (Å²) in [6.45, 7) is 7.98. The fraction of sp³-hybridized carbons (Fsp3) is 0.588. The van der Waals surface area contributed by atoms with E-state index in [9.17, 15) is 13.2 Å². The molecule has 1 amide bonds. The van der Waals surface area contributed by atoms with E-state index in [1.165, 1.54) is 4.31 Å². The molecule has 2 rings (SSSR count). The fourth-order valence-corrected chi connectivity index (χ4v) is 4.83. The number of rotatable bonds is 3. The third kappa shape index (κ3) is 5.49. The molecular weight excluding hydrogens is 399 g/mol. The zero-order valence-corrected chi connectivity index (χ0v) is 17.7. The number of sulfonamides is 1. The average molecular weight is 423 g/mol. The number of ether oxygens (including phenoxy) is 1. The maximum atomic E-state index is 12.8. The van der Waals surface area contributed by atoms with Gasteiger partial charge in [0.2, 0.25) is 10.0 Å². The van der Waals surface area contributed by atoms with E-state index in [-0.39, 0.29) is 24.9 Å². The van der Waals surface area contributed by atoms with Gasteiger partial charge in [0.1, 0.15) is 5.60 Å². The number of piperazine rings is 1. The number of halogens is 2. The van der Waals surface area contributed by atoms with E-state index in [0.717, 1.165) is 0 Å². The van der Waals surface area contributed by atoms with E-state index in [1.54, 1.807) is 50.8 Å². The number of hydrogen-bond donors (Lipinski definition) is 0. The predicted molar refractivity (Wildman–Crippen MR) is 103 cm³/mol. The van der Waals surface area contributed by atoms with E-state index < -0.39 is 21.7 Å². The second kappa shape index (κ2) is 7.92. The number of carbonyl (C=O) groups excluding carboxylic acids is 1. The topological polar surface area (TPSA) is 66.9 Å². The Morgan fingerprint density at radius 1 is 1.23 bits per heavy atom. The minimum atomic E-state index is -3.55. The molecule has 9 heteroatoms. The zero-order valence-electron chi connectivity index (χ0n) is 15.3. The van der Waals surface area contributed by atoms with Crippen molar-refractivity contribution in [2.24, 2.45) is 0 Å². The van der Waals surface area contributed by atoms with Gasteiger partial charge in [-0.2, -0.15) is 4.31 Å². The molecule has 6 nitrogen and oxygen atoms in total. The van der Waals surface area contributed by atoms with Crippen LogP contribution in [0.25, 0.3) is 0 Å². The Kier molecular flexibility index (Phi) is 6.48. The molecule has 0 spiro atoms. The van der Waals surface area contributed by atoms with Crippen molar-refractivity contribution in [2.75, 3.05) is 19.6 Å². The minimum Gasteiger partial charge on any atom is -0.444 e. The van der Waals surface area contributed by atoms with Crippen molar-refractivity contribution < 1.29 is 17.9 Å². The Hall–Kier alpha value is -1.02. The highest BCUT2D eigenvalue weighted by atomic mass is 35.5. The maximum Gasteiger partial charge on any atom is 0.410 e. The molecule has 26 heavy (non-hydrogen) atoms. The second-order valence-corrected chi connectivity index (χ2v) is 10.1. The van der Waals surface area contributed by atoms with E-state index in [0.29, 0.717) is 22.2 Å². The van der Waals surface area contributed by atoms with Crippen LogP contribution in [0, 0.1) is 0 Å². The molecule has 1 aliphatic rings. The molecule has 0 aromatic heterocycles. The fourth-order valence-electron chi connectivity index (χ4n) is 2.77. The Balaban J connectivity index is 2.05. The Labute approximate surface area is 165 Å². The lowest BCUT2D eigenvalue weighted by atomic mass is 10.2. The van der Waals surface area contributed by atoms with Gasteiger partial charge in [0.15, 0.2) is 0 Å². The maximum absolute atomic E-state index is 12.8. The molecule has 0 N–H and O–H groups in total. The van der Waals surface area contributed by atoms with E-state index in [2.05, 4.69) is 0 Å². The van der Waals surface area contributed by atoms with Gasteiger partial charge in [-0.05, 0) is 45.4 Å². The molecule has 1 saturated heterocycles. The highest BCUT2D eigenvalue weighted by molar-refractivity contribution is 7.88. The Morgan fingerprint density at radius 2 is 1.88 bits per heavy atom. The summed E-state index contributed by atoms with van der Waals surface area (Å²) in [6.07, 6.45) is -0.425. The predicted octanol–water partition coefficient (Wildman–Crippen LogP) is 3.76. The summed E-state index contributed by atoms with van der Waals surface area (Å²) in [6, 6.07) is 4.44. The summed E-state index contributed by atoms with van der Waals surface area (Å²) in [7, 11) is -3.55. The van der Waals surface area contributed by atoms with Crippen LogP contribution in [-0.4, -0.2) is 55.0 Å². The van der Waals surface area contributed by atoms with Crippen molar-refractivity contribution in [2.45, 2.75) is 45.1 Å². The van der Waals surface area contributed by atoms with Gasteiger partial charge in [-0.15, -0.1) is 0 Å². The number of benzene rings is 1. The third-order valence-electron chi connectivity index (χ3n) is 3.91. The summed E-state index contributed by atoms with van der Waals surface area (Å²) < 4.78 is 32.3. The highest BCUT2D eigenvalue weighted by Crippen LogP contribution is 2.25. The van der Waals surface area contributed by atoms with Crippen LogP contribution >= 0.6 is 23.2 Å². The van der Waals surface area contributed by atoms with E-state index in [1.807, 2.05) is 0 Å². The first-order valence-electron chi connectivity index (χ1n) is 8.30. The summed E-state index contributed by atoms with van der Waals surface area (Å²) in [4.78, 5) is 13.7. The zero-order chi connectivity index (χ0) is 19.7. The van der Waals surface area contributed by atoms with E-state index >= 15 is 0 Å². The quantitative estimate of drug-likeness (QED) is 0.743. The van der Waals surface area contributed by atoms with Crippen LogP contribution in [0.2, 0.25) is 10.0 Å². The van der Waals surface area contributed by atoms with Crippen LogP contribution in [0.4, 0.5) is 4.79 Å². The van der Waals surface area contributed by atoms with Crippen LogP contribution in [0.15, 0.2) is 18.2 Å². The van der Waals surface area contributed by atoms with Gasteiger partial charge in [0, 0.05) is 25.7 Å². The molecule has 146 valence electrons. The standard InChI is InChI=1S/C17H24Cl2N2O4S/c1-12-10-20(16(22)25-17(2,3)4)7-8-21(12)26(23,24)11-13-5-6-14(18)15(19)9-13/h5-6,9,12H,7-8,10-11H2,1-4H3. The smallest absolute Gasteiger partial charge is 0.410 e. The van der Waals surface area contributed by atoms with Crippen molar-refractivity contribution in [1.29, 1.82) is 0 Å². The molecule has 1 unspecified atom stereocenters. The molecule has 1 fully saturated rings. The first-order chi connectivity index (χ1) is 11.9. The van der Waals surface area contributed by atoms with Gasteiger partial charge in [-0.3, -0.25) is 0 Å². The summed E-state index contributed by atoms with van der Waals surface area (Å²) in [5, 5.41) is 0.703. The molecule has 1 aromatic carbocycles. The normalized spacial score (nSPS) is 19.5. The van der Waals surface area contributed by atoms with Crippen molar-refractivity contribution in [3.63, 3.8) is 0 Å². The van der Waals surface area contributed by atoms with Crippen molar-refractivity contribution >= 4 is 39.3 Å².